The maximum atomic E-state index is 9.66. The normalized spacial score (nSPS) is 11.4. The summed E-state index contributed by atoms with van der Waals surface area (Å²) in [5.41, 5.74) is 4.15. The van der Waals surface area contributed by atoms with E-state index >= 15 is 0 Å². The molecule has 0 saturated carbocycles. The van der Waals surface area contributed by atoms with Crippen molar-refractivity contribution in [1.29, 1.82) is 5.26 Å². The molecule has 1 heterocycles. The Morgan fingerprint density at radius 3 is 2.70 bits per heavy atom. The van der Waals surface area contributed by atoms with E-state index in [0.717, 1.165) is 26.6 Å². The minimum Gasteiger partial charge on any atom is -0.490 e. The number of aryl methyl sites for hydroxylation is 1. The minimum atomic E-state index is 0.447. The molecule has 0 aliphatic rings. The Hall–Kier alpha value is -2.78. The van der Waals surface area contributed by atoms with Gasteiger partial charge in [0.05, 0.1) is 34.3 Å². The second-order valence-corrected chi connectivity index (χ2v) is 6.83. The second-order valence-electron chi connectivity index (χ2n) is 5.97. The molecule has 6 heteroatoms. The molecular weight excluding hydrogens is 406 g/mol. The number of aromatic nitrogens is 2. The van der Waals surface area contributed by atoms with E-state index in [1.165, 1.54) is 0 Å². The first-order valence-electron chi connectivity index (χ1n) is 8.73. The molecule has 1 N–H and O–H groups in total. The number of nitrogens with zero attached hydrogens (tertiary/aromatic N) is 2. The zero-order chi connectivity index (χ0) is 19.4. The van der Waals surface area contributed by atoms with Gasteiger partial charge in [-0.25, -0.2) is 4.98 Å². The number of benzene rings is 2. The Balaban J connectivity index is 2.05. The Morgan fingerprint density at radius 2 is 2.00 bits per heavy atom. The first-order valence-corrected chi connectivity index (χ1v) is 9.52. The third kappa shape index (κ3) is 4.15. The van der Waals surface area contributed by atoms with Crippen molar-refractivity contribution in [2.75, 3.05) is 13.2 Å². The van der Waals surface area contributed by atoms with E-state index in [1.807, 2.05) is 51.1 Å². The average Bonchev–Trinajstić information content (AvgIpc) is 3.05. The van der Waals surface area contributed by atoms with E-state index in [0.29, 0.717) is 36.1 Å². The highest BCUT2D eigenvalue weighted by atomic mass is 79.9. The Morgan fingerprint density at radius 1 is 1.22 bits per heavy atom. The summed E-state index contributed by atoms with van der Waals surface area (Å²) in [4.78, 5) is 7.76. The van der Waals surface area contributed by atoms with Crippen LogP contribution in [0.2, 0.25) is 0 Å². The van der Waals surface area contributed by atoms with Gasteiger partial charge in [0, 0.05) is 0 Å². The van der Waals surface area contributed by atoms with Crippen molar-refractivity contribution in [2.24, 2.45) is 0 Å². The van der Waals surface area contributed by atoms with Crippen LogP contribution in [-0.4, -0.2) is 23.2 Å². The molecule has 0 amide bonds. The summed E-state index contributed by atoms with van der Waals surface area (Å²) >= 11 is 3.53. The van der Waals surface area contributed by atoms with Crippen molar-refractivity contribution < 1.29 is 9.47 Å². The maximum Gasteiger partial charge on any atom is 0.175 e. The molecule has 0 saturated heterocycles. The van der Waals surface area contributed by atoms with Gasteiger partial charge in [-0.1, -0.05) is 6.07 Å². The summed E-state index contributed by atoms with van der Waals surface area (Å²) in [6, 6.07) is 12.0. The van der Waals surface area contributed by atoms with E-state index in [9.17, 15) is 5.26 Å². The molecule has 0 unspecified atom stereocenters. The number of hydrogen-bond donors (Lipinski definition) is 1. The summed E-state index contributed by atoms with van der Waals surface area (Å²) < 4.78 is 12.1. The van der Waals surface area contributed by atoms with Gasteiger partial charge in [0.2, 0.25) is 0 Å². The number of allylic oxidation sites excluding steroid dienone is 1. The van der Waals surface area contributed by atoms with Crippen molar-refractivity contribution in [3.05, 3.63) is 51.8 Å². The van der Waals surface area contributed by atoms with Crippen LogP contribution in [-0.2, 0) is 0 Å². The number of fused-ring (bicyclic) bond motifs is 1. The second kappa shape index (κ2) is 8.28. The van der Waals surface area contributed by atoms with Crippen molar-refractivity contribution in [3.8, 4) is 17.6 Å². The van der Waals surface area contributed by atoms with Gasteiger partial charge in [-0.2, -0.15) is 5.26 Å². The molecule has 27 heavy (non-hydrogen) atoms. The molecule has 1 aromatic heterocycles. The van der Waals surface area contributed by atoms with E-state index in [1.54, 1.807) is 6.08 Å². The SMILES string of the molecule is CCOc1cc(/C=C(/C#N)c2nc3ccc(C)cc3[nH]2)cc(Br)c1OCC. The van der Waals surface area contributed by atoms with Crippen LogP contribution in [0.5, 0.6) is 11.5 Å². The number of rotatable bonds is 6. The molecule has 0 fully saturated rings. The average molecular weight is 426 g/mol. The first-order chi connectivity index (χ1) is 13.0. The van der Waals surface area contributed by atoms with Crippen LogP contribution in [0.4, 0.5) is 0 Å². The predicted octanol–water partition coefficient (Wildman–Crippen LogP) is 5.50. The zero-order valence-corrected chi connectivity index (χ0v) is 17.1. The number of halogens is 1. The molecule has 3 aromatic rings. The first kappa shape index (κ1) is 19.0. The van der Waals surface area contributed by atoms with Crippen LogP contribution in [0.3, 0.4) is 0 Å². The molecule has 3 rings (SSSR count). The molecule has 0 radical (unpaired) electrons. The lowest BCUT2D eigenvalue weighted by atomic mass is 10.1. The van der Waals surface area contributed by atoms with E-state index in [-0.39, 0.29) is 0 Å². The van der Waals surface area contributed by atoms with Crippen LogP contribution >= 0.6 is 15.9 Å². The maximum absolute atomic E-state index is 9.66. The smallest absolute Gasteiger partial charge is 0.175 e. The van der Waals surface area contributed by atoms with E-state index < -0.39 is 0 Å². The molecule has 0 bridgehead atoms. The highest BCUT2D eigenvalue weighted by Gasteiger charge is 2.13. The van der Waals surface area contributed by atoms with Crippen molar-refractivity contribution in [2.45, 2.75) is 20.8 Å². The lowest BCUT2D eigenvalue weighted by Crippen LogP contribution is -1.99. The number of imidazole rings is 1. The van der Waals surface area contributed by atoms with Gasteiger partial charge in [0.1, 0.15) is 11.9 Å². The van der Waals surface area contributed by atoms with Crippen LogP contribution in [0.15, 0.2) is 34.8 Å². The fourth-order valence-electron chi connectivity index (χ4n) is 2.79. The van der Waals surface area contributed by atoms with Crippen LogP contribution < -0.4 is 9.47 Å². The van der Waals surface area contributed by atoms with Gasteiger partial charge in [0.15, 0.2) is 11.5 Å². The molecule has 0 atom stereocenters. The number of hydrogen-bond acceptors (Lipinski definition) is 4. The van der Waals surface area contributed by atoms with Gasteiger partial charge in [0.25, 0.3) is 0 Å². The molecule has 0 spiro atoms. The molecule has 2 aromatic carbocycles. The quantitative estimate of drug-likeness (QED) is 0.529. The lowest BCUT2D eigenvalue weighted by molar-refractivity contribution is 0.286. The number of nitriles is 1. The Labute approximate surface area is 166 Å². The fraction of sp³-hybridized carbons (Fsp3) is 0.238. The molecule has 0 aliphatic heterocycles. The van der Waals surface area contributed by atoms with Gasteiger partial charge < -0.3 is 14.5 Å². The predicted molar refractivity (Wildman–Crippen MR) is 111 cm³/mol. The highest BCUT2D eigenvalue weighted by Crippen LogP contribution is 2.37. The number of aromatic amines is 1. The number of ether oxygens (including phenoxy) is 2. The highest BCUT2D eigenvalue weighted by molar-refractivity contribution is 9.10. The Kier molecular flexibility index (Phi) is 5.82. The van der Waals surface area contributed by atoms with Gasteiger partial charge in [-0.3, -0.25) is 0 Å². The monoisotopic (exact) mass is 425 g/mol. The lowest BCUT2D eigenvalue weighted by Gasteiger charge is -2.13. The van der Waals surface area contributed by atoms with Crippen LogP contribution in [0.1, 0.15) is 30.8 Å². The van der Waals surface area contributed by atoms with Crippen molar-refractivity contribution >= 4 is 38.6 Å². The van der Waals surface area contributed by atoms with Crippen molar-refractivity contribution in [1.82, 2.24) is 9.97 Å². The van der Waals surface area contributed by atoms with Gasteiger partial charge in [-0.15, -0.1) is 0 Å². The summed E-state index contributed by atoms with van der Waals surface area (Å²) in [5.74, 6) is 1.84. The molecule has 0 aliphatic carbocycles. The van der Waals surface area contributed by atoms with E-state index in [4.69, 9.17) is 9.47 Å². The summed E-state index contributed by atoms with van der Waals surface area (Å²) in [7, 11) is 0. The third-order valence-electron chi connectivity index (χ3n) is 3.94. The molecule has 138 valence electrons. The van der Waals surface area contributed by atoms with Crippen LogP contribution in [0.25, 0.3) is 22.7 Å². The third-order valence-corrected chi connectivity index (χ3v) is 4.53. The summed E-state index contributed by atoms with van der Waals surface area (Å²) in [6.45, 7) is 6.92. The van der Waals surface area contributed by atoms with Crippen LogP contribution in [0, 0.1) is 18.3 Å². The van der Waals surface area contributed by atoms with E-state index in [2.05, 4.69) is 32.0 Å². The van der Waals surface area contributed by atoms with Gasteiger partial charge in [-0.05, 0) is 78.2 Å². The topological polar surface area (TPSA) is 70.9 Å². The summed E-state index contributed by atoms with van der Waals surface area (Å²) in [6.07, 6.45) is 1.79. The fourth-order valence-corrected chi connectivity index (χ4v) is 3.36. The Bertz CT molecular complexity index is 1050. The van der Waals surface area contributed by atoms with Gasteiger partial charge >= 0.3 is 0 Å². The number of nitrogens with one attached hydrogen (secondary N) is 1. The minimum absolute atomic E-state index is 0.447. The molecule has 5 nitrogen and oxygen atoms in total. The van der Waals surface area contributed by atoms with Crippen molar-refractivity contribution in [3.63, 3.8) is 0 Å². The largest absolute Gasteiger partial charge is 0.490 e. The molecular formula is C21H20BrN3O2. The summed E-state index contributed by atoms with van der Waals surface area (Å²) in [5, 5.41) is 9.66. The zero-order valence-electron chi connectivity index (χ0n) is 15.5. The number of H-pyrrole nitrogens is 1. The standard InChI is InChI=1S/C21H20BrN3O2/c1-4-26-19-11-14(10-16(22)20(19)27-5-2)9-15(12-23)21-24-17-7-6-13(3)8-18(17)25-21/h6-11H,4-5H2,1-3H3,(H,24,25)/b15-9-.